The summed E-state index contributed by atoms with van der Waals surface area (Å²) in [6.07, 6.45) is 2.05. The van der Waals surface area contributed by atoms with E-state index in [0.29, 0.717) is 0 Å². The van der Waals surface area contributed by atoms with Gasteiger partial charge >= 0.3 is 0 Å². The molecule has 0 aliphatic heterocycles. The van der Waals surface area contributed by atoms with Crippen LogP contribution in [0.4, 0.5) is 0 Å². The maximum Gasteiger partial charge on any atom is 0.122 e. The van der Waals surface area contributed by atoms with E-state index >= 15 is 0 Å². The van der Waals surface area contributed by atoms with Crippen LogP contribution >= 0.6 is 11.6 Å². The molecule has 0 unspecified atom stereocenters. The van der Waals surface area contributed by atoms with Gasteiger partial charge in [0.15, 0.2) is 0 Å². The van der Waals surface area contributed by atoms with E-state index in [1.165, 1.54) is 5.56 Å². The Kier molecular flexibility index (Phi) is 4.69. The third-order valence-corrected chi connectivity index (χ3v) is 2.15. The number of hydrogen-bond acceptors (Lipinski definition) is 1. The van der Waals surface area contributed by atoms with Crippen molar-refractivity contribution in [3.8, 4) is 5.75 Å². The van der Waals surface area contributed by atoms with Crippen molar-refractivity contribution in [2.45, 2.75) is 19.8 Å². The molecule has 0 saturated heterocycles. The minimum absolute atomic E-state index is 0.719. The molecule has 0 atom stereocenters. The highest BCUT2D eigenvalue weighted by Crippen LogP contribution is 2.16. The summed E-state index contributed by atoms with van der Waals surface area (Å²) >= 11 is 5.56. The van der Waals surface area contributed by atoms with E-state index in [1.807, 2.05) is 18.2 Å². The molecular weight excluding hydrogens is 184 g/mol. The summed E-state index contributed by atoms with van der Waals surface area (Å²) in [4.78, 5) is 0. The fourth-order valence-corrected chi connectivity index (χ4v) is 1.29. The van der Waals surface area contributed by atoms with E-state index in [0.717, 1.165) is 31.1 Å². The predicted molar refractivity (Wildman–Crippen MR) is 56.6 cm³/mol. The van der Waals surface area contributed by atoms with E-state index in [2.05, 4.69) is 13.0 Å². The lowest BCUT2D eigenvalue weighted by molar-refractivity contribution is 0.307. The SMILES string of the molecule is Cc1ccccc1OCCCCCl. The Labute approximate surface area is 84.7 Å². The largest absolute Gasteiger partial charge is 0.493 e. The molecule has 1 rings (SSSR count). The molecule has 0 N–H and O–H groups in total. The van der Waals surface area contributed by atoms with Gasteiger partial charge in [0.05, 0.1) is 6.61 Å². The van der Waals surface area contributed by atoms with E-state index < -0.39 is 0 Å². The Bertz CT molecular complexity index is 248. The van der Waals surface area contributed by atoms with Crippen molar-refractivity contribution >= 4 is 11.6 Å². The average Bonchev–Trinajstić information content (AvgIpc) is 2.15. The zero-order valence-electron chi connectivity index (χ0n) is 7.92. The van der Waals surface area contributed by atoms with Crippen LogP contribution in [0.3, 0.4) is 0 Å². The molecule has 13 heavy (non-hydrogen) atoms. The molecule has 1 nitrogen and oxygen atoms in total. The Balaban J connectivity index is 2.32. The van der Waals surface area contributed by atoms with Crippen molar-refractivity contribution in [1.29, 1.82) is 0 Å². The van der Waals surface area contributed by atoms with Gasteiger partial charge in [-0.25, -0.2) is 0 Å². The Morgan fingerprint density at radius 1 is 1.23 bits per heavy atom. The normalized spacial score (nSPS) is 10.0. The first-order valence-electron chi connectivity index (χ1n) is 4.59. The summed E-state index contributed by atoms with van der Waals surface area (Å²) in [6, 6.07) is 8.05. The van der Waals surface area contributed by atoms with Gasteiger partial charge in [-0.1, -0.05) is 18.2 Å². The van der Waals surface area contributed by atoms with Gasteiger partial charge in [-0.2, -0.15) is 0 Å². The van der Waals surface area contributed by atoms with Crippen molar-refractivity contribution in [2.24, 2.45) is 0 Å². The zero-order chi connectivity index (χ0) is 9.52. The van der Waals surface area contributed by atoms with Crippen molar-refractivity contribution in [3.05, 3.63) is 29.8 Å². The molecule has 0 heterocycles. The molecule has 0 aliphatic rings. The Hall–Kier alpha value is -0.690. The Morgan fingerprint density at radius 2 is 2.00 bits per heavy atom. The van der Waals surface area contributed by atoms with Crippen LogP contribution in [0.2, 0.25) is 0 Å². The summed E-state index contributed by atoms with van der Waals surface area (Å²) in [5.41, 5.74) is 1.19. The summed E-state index contributed by atoms with van der Waals surface area (Å²) in [6.45, 7) is 2.81. The molecule has 0 aromatic heterocycles. The number of benzene rings is 1. The molecule has 0 aliphatic carbocycles. The molecule has 0 bridgehead atoms. The maximum absolute atomic E-state index is 5.58. The highest BCUT2D eigenvalue weighted by atomic mass is 35.5. The molecule has 0 spiro atoms. The van der Waals surface area contributed by atoms with Gasteiger partial charge < -0.3 is 4.74 Å². The first-order valence-corrected chi connectivity index (χ1v) is 5.12. The molecule has 2 heteroatoms. The highest BCUT2D eigenvalue weighted by Gasteiger charge is 1.96. The van der Waals surface area contributed by atoms with E-state index in [9.17, 15) is 0 Å². The molecule has 0 radical (unpaired) electrons. The van der Waals surface area contributed by atoms with Crippen LogP contribution in [0.15, 0.2) is 24.3 Å². The van der Waals surface area contributed by atoms with Crippen LogP contribution in [0, 0.1) is 6.92 Å². The Morgan fingerprint density at radius 3 is 2.69 bits per heavy atom. The third kappa shape index (κ3) is 3.69. The molecular formula is C11H15ClO. The molecule has 1 aromatic carbocycles. The van der Waals surface area contributed by atoms with Gasteiger partial charge in [-0.3, -0.25) is 0 Å². The summed E-state index contributed by atoms with van der Waals surface area (Å²) < 4.78 is 5.58. The van der Waals surface area contributed by atoms with Crippen LogP contribution in [0.1, 0.15) is 18.4 Å². The van der Waals surface area contributed by atoms with Crippen molar-refractivity contribution in [1.82, 2.24) is 0 Å². The monoisotopic (exact) mass is 198 g/mol. The van der Waals surface area contributed by atoms with Gasteiger partial charge in [0, 0.05) is 5.88 Å². The van der Waals surface area contributed by atoms with Gasteiger partial charge in [0.25, 0.3) is 0 Å². The lowest BCUT2D eigenvalue weighted by Crippen LogP contribution is -1.98. The minimum Gasteiger partial charge on any atom is -0.493 e. The van der Waals surface area contributed by atoms with E-state index in [4.69, 9.17) is 16.3 Å². The van der Waals surface area contributed by atoms with Crippen molar-refractivity contribution in [3.63, 3.8) is 0 Å². The fraction of sp³-hybridized carbons (Fsp3) is 0.455. The van der Waals surface area contributed by atoms with Crippen molar-refractivity contribution < 1.29 is 4.74 Å². The number of halogens is 1. The summed E-state index contributed by atoms with van der Waals surface area (Å²) in [5, 5.41) is 0. The van der Waals surface area contributed by atoms with Gasteiger partial charge in [-0.15, -0.1) is 11.6 Å². The predicted octanol–water partition coefficient (Wildman–Crippen LogP) is 3.39. The molecule has 1 aromatic rings. The number of hydrogen-bond donors (Lipinski definition) is 0. The van der Waals surface area contributed by atoms with Crippen LogP contribution in [0.25, 0.3) is 0 Å². The molecule has 72 valence electrons. The first kappa shape index (κ1) is 10.4. The van der Waals surface area contributed by atoms with E-state index in [-0.39, 0.29) is 0 Å². The van der Waals surface area contributed by atoms with Gasteiger partial charge in [0.1, 0.15) is 5.75 Å². The first-order chi connectivity index (χ1) is 6.34. The average molecular weight is 199 g/mol. The van der Waals surface area contributed by atoms with Crippen LogP contribution in [0.5, 0.6) is 5.75 Å². The number of alkyl halides is 1. The number of aryl methyl sites for hydroxylation is 1. The second-order valence-electron chi connectivity index (χ2n) is 3.01. The minimum atomic E-state index is 0.719. The van der Waals surface area contributed by atoms with E-state index in [1.54, 1.807) is 0 Å². The van der Waals surface area contributed by atoms with Gasteiger partial charge in [0.2, 0.25) is 0 Å². The van der Waals surface area contributed by atoms with Crippen LogP contribution < -0.4 is 4.74 Å². The van der Waals surface area contributed by atoms with Crippen LogP contribution in [-0.2, 0) is 0 Å². The number of rotatable bonds is 5. The lowest BCUT2D eigenvalue weighted by Gasteiger charge is -2.07. The molecule has 0 fully saturated rings. The number of unbranched alkanes of at least 4 members (excludes halogenated alkanes) is 1. The summed E-state index contributed by atoms with van der Waals surface area (Å²) in [7, 11) is 0. The fourth-order valence-electron chi connectivity index (χ4n) is 1.10. The summed E-state index contributed by atoms with van der Waals surface area (Å²) in [5.74, 6) is 1.70. The standard InChI is InChI=1S/C11H15ClO/c1-10-6-2-3-7-11(10)13-9-5-4-8-12/h2-3,6-7H,4-5,8-9H2,1H3. The van der Waals surface area contributed by atoms with Crippen molar-refractivity contribution in [2.75, 3.05) is 12.5 Å². The highest BCUT2D eigenvalue weighted by molar-refractivity contribution is 6.17. The molecule has 0 amide bonds. The third-order valence-electron chi connectivity index (χ3n) is 1.88. The maximum atomic E-state index is 5.58. The quantitative estimate of drug-likeness (QED) is 0.521. The smallest absolute Gasteiger partial charge is 0.122 e. The topological polar surface area (TPSA) is 9.23 Å². The molecule has 0 saturated carbocycles. The number of ether oxygens (including phenoxy) is 1. The second kappa shape index (κ2) is 5.87. The second-order valence-corrected chi connectivity index (χ2v) is 3.39. The number of para-hydroxylation sites is 1. The van der Waals surface area contributed by atoms with Gasteiger partial charge in [-0.05, 0) is 31.4 Å². The lowest BCUT2D eigenvalue weighted by atomic mass is 10.2. The van der Waals surface area contributed by atoms with Crippen LogP contribution in [-0.4, -0.2) is 12.5 Å². The zero-order valence-corrected chi connectivity index (χ0v) is 8.68.